The third-order valence-corrected chi connectivity index (χ3v) is 5.89. The number of rotatable bonds is 6. The van der Waals surface area contributed by atoms with Crippen LogP contribution in [0.25, 0.3) is 0 Å². The molecule has 1 heterocycles. The first-order valence-electron chi connectivity index (χ1n) is 8.24. The van der Waals surface area contributed by atoms with Gasteiger partial charge in [-0.1, -0.05) is 17.7 Å². The van der Waals surface area contributed by atoms with E-state index in [1.165, 1.54) is 23.7 Å². The zero-order valence-electron chi connectivity index (χ0n) is 15.2. The van der Waals surface area contributed by atoms with Crippen molar-refractivity contribution >= 4 is 27.3 Å². The van der Waals surface area contributed by atoms with E-state index >= 15 is 0 Å². The number of halogens is 1. The number of aromatic nitrogens is 1. The van der Waals surface area contributed by atoms with E-state index in [0.29, 0.717) is 10.7 Å². The van der Waals surface area contributed by atoms with Gasteiger partial charge in [-0.2, -0.15) is 0 Å². The number of aryl methyl sites for hydroxylation is 1. The van der Waals surface area contributed by atoms with Crippen LogP contribution in [0.4, 0.5) is 0 Å². The van der Waals surface area contributed by atoms with Crippen molar-refractivity contribution in [2.45, 2.75) is 31.2 Å². The van der Waals surface area contributed by atoms with Crippen LogP contribution in [0.15, 0.2) is 40.0 Å². The summed E-state index contributed by atoms with van der Waals surface area (Å²) in [7, 11) is -2.14. The number of sulfone groups is 1. The Labute approximate surface area is 162 Å². The largest absolute Gasteiger partial charge is 0.503 e. The molecule has 2 aromatic rings. The summed E-state index contributed by atoms with van der Waals surface area (Å²) in [6, 6.07) is 6.85. The highest BCUT2D eigenvalue weighted by Crippen LogP contribution is 2.19. The van der Waals surface area contributed by atoms with Gasteiger partial charge in [0, 0.05) is 36.3 Å². The van der Waals surface area contributed by atoms with E-state index in [-0.39, 0.29) is 28.8 Å². The van der Waals surface area contributed by atoms with Crippen LogP contribution >= 0.6 is 11.6 Å². The Hall–Kier alpha value is -2.32. The Morgan fingerprint density at radius 3 is 2.56 bits per heavy atom. The van der Waals surface area contributed by atoms with E-state index in [4.69, 9.17) is 11.6 Å². The van der Waals surface area contributed by atoms with E-state index in [1.54, 1.807) is 26.0 Å². The molecule has 0 aliphatic heterocycles. The minimum atomic E-state index is -3.64. The lowest BCUT2D eigenvalue weighted by Gasteiger charge is -2.17. The fourth-order valence-electron chi connectivity index (χ4n) is 2.58. The van der Waals surface area contributed by atoms with Gasteiger partial charge in [0.1, 0.15) is 0 Å². The third kappa shape index (κ3) is 4.90. The molecule has 2 rings (SSSR count). The predicted octanol–water partition coefficient (Wildman–Crippen LogP) is 1.90. The highest BCUT2D eigenvalue weighted by molar-refractivity contribution is 7.91. The van der Waals surface area contributed by atoms with Crippen LogP contribution in [0.3, 0.4) is 0 Å². The smallest absolute Gasteiger partial charge is 0.272 e. The monoisotopic (exact) mass is 412 g/mol. The number of carbonyl (C=O) groups excluding carboxylic acids is 1. The van der Waals surface area contributed by atoms with Crippen molar-refractivity contribution in [2.75, 3.05) is 5.75 Å². The van der Waals surface area contributed by atoms with Gasteiger partial charge in [-0.05, 0) is 32.0 Å². The highest BCUT2D eigenvalue weighted by atomic mass is 35.5. The van der Waals surface area contributed by atoms with Crippen LogP contribution in [0.2, 0.25) is 5.02 Å². The quantitative estimate of drug-likeness (QED) is 0.753. The maximum absolute atomic E-state index is 12.5. The molecule has 0 saturated heterocycles. The summed E-state index contributed by atoms with van der Waals surface area (Å²) < 4.78 is 26.4. The minimum absolute atomic E-state index is 0.0111. The number of aromatic hydroxyl groups is 1. The van der Waals surface area contributed by atoms with Gasteiger partial charge in [-0.15, -0.1) is 0 Å². The second-order valence-corrected chi connectivity index (χ2v) is 8.96. The van der Waals surface area contributed by atoms with Crippen molar-refractivity contribution in [3.8, 4) is 5.75 Å². The van der Waals surface area contributed by atoms with Crippen LogP contribution in [0.5, 0.6) is 5.75 Å². The molecule has 27 heavy (non-hydrogen) atoms. The number of nitrogens with one attached hydrogen (secondary N) is 1. The summed E-state index contributed by atoms with van der Waals surface area (Å²) in [4.78, 5) is 24.4. The van der Waals surface area contributed by atoms with Crippen molar-refractivity contribution < 1.29 is 18.3 Å². The van der Waals surface area contributed by atoms with Gasteiger partial charge in [0.15, 0.2) is 21.3 Å². The second kappa shape index (κ2) is 8.14. The zero-order valence-corrected chi connectivity index (χ0v) is 16.8. The predicted molar refractivity (Wildman–Crippen MR) is 103 cm³/mol. The summed E-state index contributed by atoms with van der Waals surface area (Å²) in [5.74, 6) is -1.56. The lowest BCUT2D eigenvalue weighted by molar-refractivity contribution is 0.0930. The van der Waals surface area contributed by atoms with Crippen molar-refractivity contribution in [1.82, 2.24) is 9.88 Å². The molecule has 2 N–H and O–H groups in total. The number of amides is 1. The van der Waals surface area contributed by atoms with Gasteiger partial charge >= 0.3 is 0 Å². The Bertz CT molecular complexity index is 1030. The molecule has 0 unspecified atom stereocenters. The van der Waals surface area contributed by atoms with Crippen molar-refractivity contribution in [3.63, 3.8) is 0 Å². The van der Waals surface area contributed by atoms with Gasteiger partial charge in [-0.25, -0.2) is 8.42 Å². The Morgan fingerprint density at radius 1 is 1.30 bits per heavy atom. The number of hydrogen-bond acceptors (Lipinski definition) is 5. The molecule has 0 atom stereocenters. The fourth-order valence-corrected chi connectivity index (χ4v) is 4.14. The number of carbonyl (C=O) groups is 1. The average Bonchev–Trinajstić information content (AvgIpc) is 2.56. The first kappa shape index (κ1) is 21.0. The van der Waals surface area contributed by atoms with Crippen molar-refractivity contribution in [3.05, 3.63) is 57.0 Å². The van der Waals surface area contributed by atoms with Gasteiger partial charge in [-0.3, -0.25) is 9.59 Å². The first-order valence-corrected chi connectivity index (χ1v) is 10.3. The highest BCUT2D eigenvalue weighted by Gasteiger charge is 2.22. The summed E-state index contributed by atoms with van der Waals surface area (Å²) in [5.41, 5.74) is -0.624. The van der Waals surface area contributed by atoms with Crippen LogP contribution < -0.4 is 10.7 Å². The molecule has 1 aromatic carbocycles. The molecule has 0 saturated carbocycles. The maximum atomic E-state index is 12.5. The molecule has 1 amide bonds. The summed E-state index contributed by atoms with van der Waals surface area (Å²) in [6.07, 6.45) is -0.0111. The van der Waals surface area contributed by atoms with Crippen LogP contribution in [-0.2, 0) is 23.3 Å². The van der Waals surface area contributed by atoms with E-state index in [9.17, 15) is 23.1 Å². The molecular weight excluding hydrogens is 392 g/mol. The van der Waals surface area contributed by atoms with Gasteiger partial charge < -0.3 is 15.0 Å². The summed E-state index contributed by atoms with van der Waals surface area (Å²) >= 11 is 5.85. The van der Waals surface area contributed by atoms with Gasteiger partial charge in [0.2, 0.25) is 5.43 Å². The molecule has 0 fully saturated rings. The fraction of sp³-hybridized carbons (Fsp3) is 0.333. The van der Waals surface area contributed by atoms with E-state index in [2.05, 4.69) is 5.32 Å². The van der Waals surface area contributed by atoms with Crippen molar-refractivity contribution in [2.24, 2.45) is 7.05 Å². The molecule has 0 spiro atoms. The number of nitrogens with zero attached hydrogens (tertiary/aromatic N) is 1. The molecule has 7 nitrogen and oxygen atoms in total. The molecule has 0 radical (unpaired) electrons. The lowest BCUT2D eigenvalue weighted by atomic mass is 10.2. The zero-order chi connectivity index (χ0) is 20.4. The lowest BCUT2D eigenvalue weighted by Crippen LogP contribution is -2.34. The van der Waals surface area contributed by atoms with E-state index in [1.807, 2.05) is 0 Å². The molecule has 0 aliphatic rings. The molecule has 1 aromatic heterocycles. The SMILES string of the molecule is CC(C)NC(=O)c1c(O)c(=O)cc(CCS(=O)(=O)c2cccc(Cl)c2)n1C. The van der Waals surface area contributed by atoms with Gasteiger partial charge in [0.25, 0.3) is 5.91 Å². The molecule has 9 heteroatoms. The van der Waals surface area contributed by atoms with Gasteiger partial charge in [0.05, 0.1) is 10.6 Å². The second-order valence-electron chi connectivity index (χ2n) is 6.41. The van der Waals surface area contributed by atoms with E-state index < -0.39 is 26.9 Å². The standard InChI is InChI=1S/C18H21ClN2O5S/c1-11(2)20-18(24)16-17(23)15(22)10-13(21(16)3)7-8-27(25,26)14-6-4-5-12(19)9-14/h4-6,9-11,23H,7-8H2,1-3H3,(H,20,24). The first-order chi connectivity index (χ1) is 12.5. The Balaban J connectivity index is 2.36. The van der Waals surface area contributed by atoms with Crippen LogP contribution in [-0.4, -0.2) is 35.8 Å². The number of benzene rings is 1. The summed E-state index contributed by atoms with van der Waals surface area (Å²) in [5, 5.41) is 12.9. The van der Waals surface area contributed by atoms with E-state index in [0.717, 1.165) is 6.07 Å². The van der Waals surface area contributed by atoms with Crippen LogP contribution in [0, 0.1) is 0 Å². The summed E-state index contributed by atoms with van der Waals surface area (Å²) in [6.45, 7) is 3.49. The molecule has 0 bridgehead atoms. The topological polar surface area (TPSA) is 105 Å². The Kier molecular flexibility index (Phi) is 6.33. The maximum Gasteiger partial charge on any atom is 0.272 e. The third-order valence-electron chi connectivity index (χ3n) is 3.94. The average molecular weight is 413 g/mol. The minimum Gasteiger partial charge on any atom is -0.503 e. The number of hydrogen-bond donors (Lipinski definition) is 2. The molecule has 146 valence electrons. The Morgan fingerprint density at radius 2 is 1.96 bits per heavy atom. The molecule has 0 aliphatic carbocycles. The molecular formula is C18H21ClN2O5S. The normalized spacial score (nSPS) is 11.6. The number of pyridine rings is 1. The van der Waals surface area contributed by atoms with Crippen LogP contribution in [0.1, 0.15) is 30.0 Å². The van der Waals surface area contributed by atoms with Crippen molar-refractivity contribution in [1.29, 1.82) is 0 Å².